The van der Waals surface area contributed by atoms with Gasteiger partial charge in [0.25, 0.3) is 0 Å². The van der Waals surface area contributed by atoms with Gasteiger partial charge in [-0.1, -0.05) is 20.8 Å². The van der Waals surface area contributed by atoms with Crippen LogP contribution < -0.4 is 5.73 Å². The Labute approximate surface area is 101 Å². The monoisotopic (exact) mass is 252 g/mol. The summed E-state index contributed by atoms with van der Waals surface area (Å²) in [7, 11) is 0. The van der Waals surface area contributed by atoms with Gasteiger partial charge in [0, 0.05) is 18.6 Å². The van der Waals surface area contributed by atoms with E-state index >= 15 is 0 Å². The molecule has 0 aromatic carbocycles. The van der Waals surface area contributed by atoms with Crippen LogP contribution in [0, 0.1) is 5.41 Å². The summed E-state index contributed by atoms with van der Waals surface area (Å²) in [4.78, 5) is 1.53. The molecule has 0 spiro atoms. The second-order valence-corrected chi connectivity index (χ2v) is 6.08. The second kappa shape index (κ2) is 5.14. The van der Waals surface area contributed by atoms with Gasteiger partial charge in [0.1, 0.15) is 0 Å². The molecule has 0 radical (unpaired) electrons. The predicted octanol–water partition coefficient (Wildman–Crippen LogP) is 2.78. The molecule has 17 heavy (non-hydrogen) atoms. The first kappa shape index (κ1) is 14.8. The minimum Gasteiger partial charge on any atom is -0.327 e. The zero-order chi connectivity index (χ0) is 13.3. The van der Waals surface area contributed by atoms with Gasteiger partial charge in [0.05, 0.1) is 6.54 Å². The van der Waals surface area contributed by atoms with Crippen LogP contribution in [0.15, 0.2) is 0 Å². The van der Waals surface area contributed by atoms with Crippen molar-refractivity contribution in [1.82, 2.24) is 4.90 Å². The summed E-state index contributed by atoms with van der Waals surface area (Å²) in [5.41, 5.74) is 5.93. The molecule has 1 saturated carbocycles. The Morgan fingerprint density at radius 1 is 1.24 bits per heavy atom. The number of hydrogen-bond acceptors (Lipinski definition) is 2. The van der Waals surface area contributed by atoms with Crippen molar-refractivity contribution in [2.45, 2.75) is 58.3 Å². The maximum absolute atomic E-state index is 12.4. The maximum atomic E-state index is 12.4. The van der Waals surface area contributed by atoms with Gasteiger partial charge in [-0.3, -0.25) is 4.90 Å². The number of halogens is 3. The highest BCUT2D eigenvalue weighted by Crippen LogP contribution is 2.31. The Balaban J connectivity index is 2.40. The molecule has 102 valence electrons. The Morgan fingerprint density at radius 3 is 2.12 bits per heavy atom. The van der Waals surface area contributed by atoms with Crippen LogP contribution in [0.1, 0.15) is 40.0 Å². The van der Waals surface area contributed by atoms with Gasteiger partial charge in [-0.15, -0.1) is 0 Å². The number of nitrogens with two attached hydrogens (primary N) is 1. The summed E-state index contributed by atoms with van der Waals surface area (Å²) in [6.07, 6.45) is -1.70. The standard InChI is InChI=1S/C12H23F3N2/c1-11(2,3)10(16)6-7-17(9-4-5-9)8-12(13,14)15/h9-10H,4-8,16H2,1-3H3. The Hall–Kier alpha value is -0.290. The van der Waals surface area contributed by atoms with Crippen LogP contribution in [0.3, 0.4) is 0 Å². The highest BCUT2D eigenvalue weighted by Gasteiger charge is 2.38. The van der Waals surface area contributed by atoms with Crippen LogP contribution >= 0.6 is 0 Å². The first-order valence-corrected chi connectivity index (χ1v) is 6.16. The first-order chi connectivity index (χ1) is 7.59. The van der Waals surface area contributed by atoms with Crippen molar-refractivity contribution in [3.8, 4) is 0 Å². The van der Waals surface area contributed by atoms with E-state index < -0.39 is 12.7 Å². The fourth-order valence-electron chi connectivity index (χ4n) is 1.80. The zero-order valence-electron chi connectivity index (χ0n) is 10.8. The van der Waals surface area contributed by atoms with E-state index in [1.54, 1.807) is 0 Å². The van der Waals surface area contributed by atoms with Crippen molar-refractivity contribution in [3.63, 3.8) is 0 Å². The van der Waals surface area contributed by atoms with Gasteiger partial charge in [0.15, 0.2) is 0 Å². The average molecular weight is 252 g/mol. The van der Waals surface area contributed by atoms with Crippen LogP contribution in [0.5, 0.6) is 0 Å². The molecule has 1 atom stereocenters. The molecule has 0 amide bonds. The minimum atomic E-state index is -4.10. The summed E-state index contributed by atoms with van der Waals surface area (Å²) in [6.45, 7) is 5.70. The predicted molar refractivity (Wildman–Crippen MR) is 62.7 cm³/mol. The molecule has 2 N–H and O–H groups in total. The highest BCUT2D eigenvalue weighted by atomic mass is 19.4. The van der Waals surface area contributed by atoms with Gasteiger partial charge in [-0.25, -0.2) is 0 Å². The van der Waals surface area contributed by atoms with E-state index in [0.29, 0.717) is 13.0 Å². The SMILES string of the molecule is CC(C)(C)C(N)CCN(CC(F)(F)F)C1CC1. The lowest BCUT2D eigenvalue weighted by atomic mass is 9.85. The number of rotatable bonds is 5. The first-order valence-electron chi connectivity index (χ1n) is 6.16. The second-order valence-electron chi connectivity index (χ2n) is 6.08. The van der Waals surface area contributed by atoms with Crippen molar-refractivity contribution in [2.75, 3.05) is 13.1 Å². The molecule has 1 fully saturated rings. The fourth-order valence-corrected chi connectivity index (χ4v) is 1.80. The molecule has 1 unspecified atom stereocenters. The van der Waals surface area contributed by atoms with Crippen molar-refractivity contribution < 1.29 is 13.2 Å². The third-order valence-corrected chi connectivity index (χ3v) is 3.29. The van der Waals surface area contributed by atoms with Crippen LogP contribution in [-0.4, -0.2) is 36.2 Å². The third-order valence-electron chi connectivity index (χ3n) is 3.29. The molecular weight excluding hydrogens is 229 g/mol. The topological polar surface area (TPSA) is 29.3 Å². The van der Waals surface area contributed by atoms with E-state index in [9.17, 15) is 13.2 Å². The van der Waals surface area contributed by atoms with Gasteiger partial charge >= 0.3 is 6.18 Å². The van der Waals surface area contributed by atoms with E-state index in [1.807, 2.05) is 20.8 Å². The van der Waals surface area contributed by atoms with Crippen molar-refractivity contribution in [1.29, 1.82) is 0 Å². The molecule has 1 rings (SSSR count). The summed E-state index contributed by atoms with van der Waals surface area (Å²) < 4.78 is 37.1. The largest absolute Gasteiger partial charge is 0.401 e. The Bertz CT molecular complexity index is 241. The summed E-state index contributed by atoms with van der Waals surface area (Å²) in [5, 5.41) is 0. The lowest BCUT2D eigenvalue weighted by Crippen LogP contribution is -2.42. The van der Waals surface area contributed by atoms with Crippen LogP contribution in [0.2, 0.25) is 0 Å². The molecule has 1 aliphatic carbocycles. The van der Waals surface area contributed by atoms with Crippen LogP contribution in [-0.2, 0) is 0 Å². The van der Waals surface area contributed by atoms with Gasteiger partial charge in [-0.2, -0.15) is 13.2 Å². The zero-order valence-corrected chi connectivity index (χ0v) is 10.8. The third kappa shape index (κ3) is 5.73. The Kier molecular flexibility index (Phi) is 4.47. The number of alkyl halides is 3. The van der Waals surface area contributed by atoms with Crippen molar-refractivity contribution in [2.24, 2.45) is 11.1 Å². The van der Waals surface area contributed by atoms with E-state index in [2.05, 4.69) is 0 Å². The maximum Gasteiger partial charge on any atom is 0.401 e. The number of nitrogens with zero attached hydrogens (tertiary/aromatic N) is 1. The highest BCUT2D eigenvalue weighted by molar-refractivity contribution is 4.87. The fraction of sp³-hybridized carbons (Fsp3) is 1.00. The van der Waals surface area contributed by atoms with Gasteiger partial charge < -0.3 is 5.73 Å². The smallest absolute Gasteiger partial charge is 0.327 e. The number of hydrogen-bond donors (Lipinski definition) is 1. The molecule has 0 bridgehead atoms. The van der Waals surface area contributed by atoms with Crippen LogP contribution in [0.4, 0.5) is 13.2 Å². The van der Waals surface area contributed by atoms with E-state index in [-0.39, 0.29) is 17.5 Å². The van der Waals surface area contributed by atoms with Crippen LogP contribution in [0.25, 0.3) is 0 Å². The lowest BCUT2D eigenvalue weighted by molar-refractivity contribution is -0.147. The van der Waals surface area contributed by atoms with Gasteiger partial charge in [0.2, 0.25) is 0 Å². The molecule has 0 aromatic heterocycles. The molecule has 2 nitrogen and oxygen atoms in total. The molecule has 0 heterocycles. The molecule has 0 aliphatic heterocycles. The van der Waals surface area contributed by atoms with E-state index in [1.165, 1.54) is 4.90 Å². The molecule has 0 aromatic rings. The molecule has 5 heteroatoms. The summed E-state index contributed by atoms with van der Waals surface area (Å²) in [6, 6.07) is 0.0702. The van der Waals surface area contributed by atoms with Gasteiger partial charge in [-0.05, 0) is 24.7 Å². The summed E-state index contributed by atoms with van der Waals surface area (Å²) in [5.74, 6) is 0. The van der Waals surface area contributed by atoms with Crippen molar-refractivity contribution in [3.05, 3.63) is 0 Å². The van der Waals surface area contributed by atoms with Crippen molar-refractivity contribution >= 4 is 0 Å². The Morgan fingerprint density at radius 2 is 1.76 bits per heavy atom. The normalized spacial score (nSPS) is 19.8. The quantitative estimate of drug-likeness (QED) is 0.815. The molecular formula is C12H23F3N2. The molecule has 0 saturated heterocycles. The lowest BCUT2D eigenvalue weighted by Gasteiger charge is -2.30. The summed E-state index contributed by atoms with van der Waals surface area (Å²) >= 11 is 0. The minimum absolute atomic E-state index is 0.0482. The molecule has 1 aliphatic rings. The average Bonchev–Trinajstić information content (AvgIpc) is 2.90. The van der Waals surface area contributed by atoms with E-state index in [4.69, 9.17) is 5.73 Å². The van der Waals surface area contributed by atoms with E-state index in [0.717, 1.165) is 12.8 Å².